The summed E-state index contributed by atoms with van der Waals surface area (Å²) in [5.74, 6) is 1.06. The van der Waals surface area contributed by atoms with Gasteiger partial charge >= 0.3 is 5.69 Å². The van der Waals surface area contributed by atoms with Crippen molar-refractivity contribution in [2.75, 3.05) is 19.0 Å². The number of nitro benzene ring substituents is 1. The molecule has 1 N–H and O–H groups in total. The van der Waals surface area contributed by atoms with E-state index in [9.17, 15) is 10.1 Å². The van der Waals surface area contributed by atoms with Crippen LogP contribution >= 0.6 is 0 Å². The Kier molecular flexibility index (Phi) is 2.94. The SMILES string of the molecule is COc1cc(NCC2CC2)ccc1[N+](=O)[O-]. The minimum Gasteiger partial charge on any atom is -0.490 e. The molecule has 0 radical (unpaired) electrons. The fraction of sp³-hybridized carbons (Fsp3) is 0.455. The van der Waals surface area contributed by atoms with Gasteiger partial charge in [-0.3, -0.25) is 10.1 Å². The van der Waals surface area contributed by atoms with Crippen molar-refractivity contribution >= 4 is 11.4 Å². The molecule has 1 fully saturated rings. The first kappa shape index (κ1) is 10.7. The standard InChI is InChI=1S/C11H14N2O3/c1-16-11-6-9(12-7-8-2-3-8)4-5-10(11)13(14)15/h4-6,8,12H,2-3,7H2,1H3. The molecule has 0 aliphatic heterocycles. The molecule has 0 bridgehead atoms. The lowest BCUT2D eigenvalue weighted by atomic mass is 10.2. The number of ether oxygens (including phenoxy) is 1. The van der Waals surface area contributed by atoms with Crippen LogP contribution in [-0.2, 0) is 0 Å². The maximum Gasteiger partial charge on any atom is 0.311 e. The van der Waals surface area contributed by atoms with Crippen molar-refractivity contribution in [3.63, 3.8) is 0 Å². The highest BCUT2D eigenvalue weighted by molar-refractivity contribution is 5.58. The van der Waals surface area contributed by atoms with Gasteiger partial charge in [0.25, 0.3) is 0 Å². The quantitative estimate of drug-likeness (QED) is 0.613. The zero-order chi connectivity index (χ0) is 11.5. The Morgan fingerprint density at radius 3 is 2.88 bits per heavy atom. The molecule has 86 valence electrons. The van der Waals surface area contributed by atoms with Crippen LogP contribution in [0.3, 0.4) is 0 Å². The molecule has 0 unspecified atom stereocenters. The number of nitrogens with zero attached hydrogens (tertiary/aromatic N) is 1. The summed E-state index contributed by atoms with van der Waals surface area (Å²) in [6.45, 7) is 0.932. The van der Waals surface area contributed by atoms with E-state index >= 15 is 0 Å². The Morgan fingerprint density at radius 2 is 2.31 bits per heavy atom. The van der Waals surface area contributed by atoms with Crippen molar-refractivity contribution in [1.82, 2.24) is 0 Å². The van der Waals surface area contributed by atoms with Crippen LogP contribution < -0.4 is 10.1 Å². The molecule has 0 aromatic heterocycles. The minimum absolute atomic E-state index is 0.000489. The van der Waals surface area contributed by atoms with Gasteiger partial charge in [-0.2, -0.15) is 0 Å². The number of anilines is 1. The van der Waals surface area contributed by atoms with E-state index in [1.807, 2.05) is 0 Å². The lowest BCUT2D eigenvalue weighted by Gasteiger charge is -2.07. The van der Waals surface area contributed by atoms with Gasteiger partial charge in [0, 0.05) is 24.4 Å². The zero-order valence-corrected chi connectivity index (χ0v) is 9.10. The molecule has 1 aromatic carbocycles. The van der Waals surface area contributed by atoms with Crippen LogP contribution in [0.15, 0.2) is 18.2 Å². The average molecular weight is 222 g/mol. The summed E-state index contributed by atoms with van der Waals surface area (Å²) in [5, 5.41) is 13.9. The third-order valence-electron chi connectivity index (χ3n) is 2.67. The second kappa shape index (κ2) is 4.38. The number of methoxy groups -OCH3 is 1. The number of nitro groups is 1. The molecule has 16 heavy (non-hydrogen) atoms. The van der Waals surface area contributed by atoms with E-state index in [2.05, 4.69) is 5.32 Å². The van der Waals surface area contributed by atoms with Gasteiger partial charge in [-0.25, -0.2) is 0 Å². The van der Waals surface area contributed by atoms with Gasteiger partial charge in [-0.1, -0.05) is 0 Å². The summed E-state index contributed by atoms with van der Waals surface area (Å²) < 4.78 is 4.99. The molecule has 1 aliphatic rings. The fourth-order valence-corrected chi connectivity index (χ4v) is 1.52. The number of hydrogen-bond acceptors (Lipinski definition) is 4. The Hall–Kier alpha value is -1.78. The van der Waals surface area contributed by atoms with Crippen LogP contribution in [0.5, 0.6) is 5.75 Å². The molecular weight excluding hydrogens is 208 g/mol. The molecule has 5 nitrogen and oxygen atoms in total. The average Bonchev–Trinajstić information content (AvgIpc) is 3.09. The van der Waals surface area contributed by atoms with Crippen molar-refractivity contribution in [3.05, 3.63) is 28.3 Å². The van der Waals surface area contributed by atoms with Gasteiger partial charge in [0.05, 0.1) is 12.0 Å². The van der Waals surface area contributed by atoms with Gasteiger partial charge in [0.15, 0.2) is 5.75 Å². The zero-order valence-electron chi connectivity index (χ0n) is 9.10. The van der Waals surface area contributed by atoms with Crippen molar-refractivity contribution in [2.45, 2.75) is 12.8 Å². The first-order valence-corrected chi connectivity index (χ1v) is 5.27. The first-order chi connectivity index (χ1) is 7.70. The monoisotopic (exact) mass is 222 g/mol. The molecular formula is C11H14N2O3. The summed E-state index contributed by atoms with van der Waals surface area (Å²) in [7, 11) is 1.44. The number of hydrogen-bond donors (Lipinski definition) is 1. The van der Waals surface area contributed by atoms with Gasteiger partial charge in [0.1, 0.15) is 0 Å². The number of rotatable bonds is 5. The van der Waals surface area contributed by atoms with E-state index in [0.717, 1.165) is 18.2 Å². The van der Waals surface area contributed by atoms with Crippen molar-refractivity contribution in [3.8, 4) is 5.75 Å². The Bertz CT molecular complexity index is 402. The molecule has 0 heterocycles. The molecule has 0 amide bonds. The molecule has 5 heteroatoms. The third-order valence-corrected chi connectivity index (χ3v) is 2.67. The van der Waals surface area contributed by atoms with Crippen LogP contribution in [0.2, 0.25) is 0 Å². The first-order valence-electron chi connectivity index (χ1n) is 5.27. The normalized spacial score (nSPS) is 14.6. The van der Waals surface area contributed by atoms with Crippen LogP contribution in [-0.4, -0.2) is 18.6 Å². The van der Waals surface area contributed by atoms with Gasteiger partial charge in [0.2, 0.25) is 0 Å². The van der Waals surface area contributed by atoms with Gasteiger partial charge in [-0.05, 0) is 24.8 Å². The second-order valence-corrected chi connectivity index (χ2v) is 3.97. The second-order valence-electron chi connectivity index (χ2n) is 3.97. The van der Waals surface area contributed by atoms with Crippen molar-refractivity contribution in [2.24, 2.45) is 5.92 Å². The smallest absolute Gasteiger partial charge is 0.311 e. The number of nitrogens with one attached hydrogen (secondary N) is 1. The maximum absolute atomic E-state index is 10.7. The number of benzene rings is 1. The van der Waals surface area contributed by atoms with E-state index in [1.165, 1.54) is 26.0 Å². The van der Waals surface area contributed by atoms with Gasteiger partial charge < -0.3 is 10.1 Å². The van der Waals surface area contributed by atoms with Gasteiger partial charge in [-0.15, -0.1) is 0 Å². The van der Waals surface area contributed by atoms with Crippen molar-refractivity contribution in [1.29, 1.82) is 0 Å². The van der Waals surface area contributed by atoms with Crippen molar-refractivity contribution < 1.29 is 9.66 Å². The lowest BCUT2D eigenvalue weighted by molar-refractivity contribution is -0.385. The predicted octanol–water partition coefficient (Wildman–Crippen LogP) is 2.43. The van der Waals surface area contributed by atoms with E-state index in [0.29, 0.717) is 5.75 Å². The Balaban J connectivity index is 2.11. The molecule has 0 atom stereocenters. The van der Waals surface area contributed by atoms with Crippen LogP contribution in [0.1, 0.15) is 12.8 Å². The van der Waals surface area contributed by atoms with E-state index in [4.69, 9.17) is 4.74 Å². The van der Waals surface area contributed by atoms with Crippen LogP contribution in [0.4, 0.5) is 11.4 Å². The predicted molar refractivity (Wildman–Crippen MR) is 60.9 cm³/mol. The molecule has 2 rings (SSSR count). The molecule has 0 saturated heterocycles. The summed E-state index contributed by atoms with van der Waals surface area (Å²) in [6.07, 6.45) is 2.55. The summed E-state index contributed by atoms with van der Waals surface area (Å²) in [6, 6.07) is 4.84. The van der Waals surface area contributed by atoms with E-state index in [1.54, 1.807) is 12.1 Å². The third kappa shape index (κ3) is 2.42. The lowest BCUT2D eigenvalue weighted by Crippen LogP contribution is -2.03. The molecule has 1 aliphatic carbocycles. The van der Waals surface area contributed by atoms with Crippen LogP contribution in [0, 0.1) is 16.0 Å². The fourth-order valence-electron chi connectivity index (χ4n) is 1.52. The summed E-state index contributed by atoms with van der Waals surface area (Å²) in [5.41, 5.74) is 0.869. The Labute approximate surface area is 93.6 Å². The topological polar surface area (TPSA) is 64.4 Å². The van der Waals surface area contributed by atoms with E-state index < -0.39 is 4.92 Å². The Morgan fingerprint density at radius 1 is 1.56 bits per heavy atom. The summed E-state index contributed by atoms with van der Waals surface area (Å²) in [4.78, 5) is 10.2. The highest BCUT2D eigenvalue weighted by atomic mass is 16.6. The van der Waals surface area contributed by atoms with E-state index in [-0.39, 0.29) is 5.69 Å². The van der Waals surface area contributed by atoms with Crippen LogP contribution in [0.25, 0.3) is 0 Å². The molecule has 1 aromatic rings. The molecule has 0 spiro atoms. The molecule has 1 saturated carbocycles. The highest BCUT2D eigenvalue weighted by Crippen LogP contribution is 2.32. The highest BCUT2D eigenvalue weighted by Gasteiger charge is 2.21. The maximum atomic E-state index is 10.7. The largest absolute Gasteiger partial charge is 0.490 e. The summed E-state index contributed by atoms with van der Waals surface area (Å²) >= 11 is 0. The minimum atomic E-state index is -0.441.